The maximum atomic E-state index is 12.9. The minimum absolute atomic E-state index is 0.0880. The number of carbonyl (C=O) groups is 1. The minimum Gasteiger partial charge on any atom is -0.489 e. The smallest absolute Gasteiger partial charge is 0.256 e. The monoisotopic (exact) mass is 383 g/mol. The first-order chi connectivity index (χ1) is 13.6. The van der Waals surface area contributed by atoms with E-state index in [-0.39, 0.29) is 5.91 Å². The highest BCUT2D eigenvalue weighted by atomic mass is 16.5. The SMILES string of the molecule is CCCCCC(C)(OCCC)C(=O)Nc1ccc(OCc2ccccc2)cc1. The van der Waals surface area contributed by atoms with Crippen LogP contribution in [0, 0.1) is 0 Å². The number of hydrogen-bond donors (Lipinski definition) is 1. The first-order valence-electron chi connectivity index (χ1n) is 10.3. The molecule has 0 aromatic heterocycles. The van der Waals surface area contributed by atoms with Gasteiger partial charge in [-0.2, -0.15) is 0 Å². The fourth-order valence-corrected chi connectivity index (χ4v) is 2.93. The van der Waals surface area contributed by atoms with E-state index in [0.717, 1.165) is 49.1 Å². The molecule has 1 amide bonds. The Hall–Kier alpha value is -2.33. The topological polar surface area (TPSA) is 47.6 Å². The summed E-state index contributed by atoms with van der Waals surface area (Å²) in [7, 11) is 0. The molecule has 2 rings (SSSR count). The number of ether oxygens (including phenoxy) is 2. The summed E-state index contributed by atoms with van der Waals surface area (Å²) in [4.78, 5) is 12.9. The predicted octanol–water partition coefficient (Wildman–Crippen LogP) is 5.97. The summed E-state index contributed by atoms with van der Waals surface area (Å²) < 4.78 is 11.7. The Labute approximate surface area is 169 Å². The molecule has 2 aromatic rings. The van der Waals surface area contributed by atoms with Gasteiger partial charge in [-0.3, -0.25) is 4.79 Å². The third-order valence-corrected chi connectivity index (χ3v) is 4.72. The summed E-state index contributed by atoms with van der Waals surface area (Å²) in [5.74, 6) is 0.685. The highest BCUT2D eigenvalue weighted by Gasteiger charge is 2.33. The van der Waals surface area contributed by atoms with E-state index in [1.54, 1.807) is 0 Å². The van der Waals surface area contributed by atoms with Crippen molar-refractivity contribution in [3.8, 4) is 5.75 Å². The fraction of sp³-hybridized carbons (Fsp3) is 0.458. The first kappa shape index (κ1) is 22.0. The van der Waals surface area contributed by atoms with Crippen molar-refractivity contribution in [1.29, 1.82) is 0 Å². The Morgan fingerprint density at radius 1 is 0.964 bits per heavy atom. The molecule has 0 bridgehead atoms. The van der Waals surface area contributed by atoms with Crippen molar-refractivity contribution in [3.63, 3.8) is 0 Å². The lowest BCUT2D eigenvalue weighted by molar-refractivity contribution is -0.140. The van der Waals surface area contributed by atoms with Gasteiger partial charge in [0.25, 0.3) is 5.91 Å². The molecule has 28 heavy (non-hydrogen) atoms. The quantitative estimate of drug-likeness (QED) is 0.459. The zero-order valence-electron chi connectivity index (χ0n) is 17.4. The van der Waals surface area contributed by atoms with Gasteiger partial charge in [-0.25, -0.2) is 0 Å². The Kier molecular flexibility index (Phi) is 9.02. The van der Waals surface area contributed by atoms with Gasteiger partial charge in [0.1, 0.15) is 18.0 Å². The lowest BCUT2D eigenvalue weighted by atomic mass is 9.96. The molecule has 4 nitrogen and oxygen atoms in total. The average molecular weight is 384 g/mol. The molecule has 0 saturated carbocycles. The molecule has 1 atom stereocenters. The largest absolute Gasteiger partial charge is 0.489 e. The number of benzene rings is 2. The maximum absolute atomic E-state index is 12.9. The molecular weight excluding hydrogens is 350 g/mol. The number of unbranched alkanes of at least 4 members (excludes halogenated alkanes) is 2. The van der Waals surface area contributed by atoms with E-state index in [1.807, 2.05) is 61.5 Å². The van der Waals surface area contributed by atoms with E-state index in [2.05, 4.69) is 19.2 Å². The van der Waals surface area contributed by atoms with Crippen molar-refractivity contribution >= 4 is 11.6 Å². The number of rotatable bonds is 12. The fourth-order valence-electron chi connectivity index (χ4n) is 2.93. The van der Waals surface area contributed by atoms with Crippen LogP contribution in [0.1, 0.15) is 58.4 Å². The minimum atomic E-state index is -0.798. The number of anilines is 1. The second kappa shape index (κ2) is 11.5. The van der Waals surface area contributed by atoms with Gasteiger partial charge in [0.15, 0.2) is 0 Å². The number of carbonyl (C=O) groups excluding carboxylic acids is 1. The van der Waals surface area contributed by atoms with E-state index in [4.69, 9.17) is 9.47 Å². The molecule has 0 heterocycles. The van der Waals surface area contributed by atoms with Gasteiger partial charge < -0.3 is 14.8 Å². The molecule has 0 fully saturated rings. The van der Waals surface area contributed by atoms with Gasteiger partial charge in [0.2, 0.25) is 0 Å². The van der Waals surface area contributed by atoms with Crippen LogP contribution in [0.3, 0.4) is 0 Å². The summed E-state index contributed by atoms with van der Waals surface area (Å²) in [6.07, 6.45) is 4.83. The standard InChI is InChI=1S/C24H33NO3/c1-4-6-10-17-24(3,28-18-5-2)23(26)25-21-13-15-22(16-14-21)27-19-20-11-8-7-9-12-20/h7-9,11-16H,4-6,10,17-19H2,1-3H3,(H,25,26). The molecule has 152 valence electrons. The maximum Gasteiger partial charge on any atom is 0.256 e. The van der Waals surface area contributed by atoms with Gasteiger partial charge in [-0.1, -0.05) is 63.4 Å². The van der Waals surface area contributed by atoms with Crippen molar-refractivity contribution in [2.45, 2.75) is 65.1 Å². The van der Waals surface area contributed by atoms with E-state index < -0.39 is 5.60 Å². The van der Waals surface area contributed by atoms with E-state index in [0.29, 0.717) is 13.2 Å². The second-order valence-corrected chi connectivity index (χ2v) is 7.29. The van der Waals surface area contributed by atoms with Crippen molar-refractivity contribution in [3.05, 3.63) is 60.2 Å². The summed E-state index contributed by atoms with van der Waals surface area (Å²) in [6.45, 7) is 7.21. The van der Waals surface area contributed by atoms with Crippen LogP contribution in [0.4, 0.5) is 5.69 Å². The van der Waals surface area contributed by atoms with E-state index in [1.165, 1.54) is 0 Å². The normalized spacial score (nSPS) is 13.0. The number of amides is 1. The molecule has 0 spiro atoms. The first-order valence-corrected chi connectivity index (χ1v) is 10.3. The lowest BCUT2D eigenvalue weighted by Gasteiger charge is -2.28. The van der Waals surface area contributed by atoms with Gasteiger partial charge in [-0.15, -0.1) is 0 Å². The molecule has 0 saturated heterocycles. The van der Waals surface area contributed by atoms with Gasteiger partial charge >= 0.3 is 0 Å². The summed E-state index contributed by atoms with van der Waals surface area (Å²) in [5, 5.41) is 3.00. The summed E-state index contributed by atoms with van der Waals surface area (Å²) in [5.41, 5.74) is 1.07. The van der Waals surface area contributed by atoms with Gasteiger partial charge in [-0.05, 0) is 49.6 Å². The van der Waals surface area contributed by atoms with E-state index >= 15 is 0 Å². The third-order valence-electron chi connectivity index (χ3n) is 4.72. The van der Waals surface area contributed by atoms with Gasteiger partial charge in [0, 0.05) is 12.3 Å². The number of nitrogens with one attached hydrogen (secondary N) is 1. The third kappa shape index (κ3) is 7.01. The zero-order chi connectivity index (χ0) is 20.2. The lowest BCUT2D eigenvalue weighted by Crippen LogP contribution is -2.43. The highest BCUT2D eigenvalue weighted by molar-refractivity contribution is 5.97. The van der Waals surface area contributed by atoms with Crippen LogP contribution < -0.4 is 10.1 Å². The van der Waals surface area contributed by atoms with Crippen molar-refractivity contribution in [2.24, 2.45) is 0 Å². The summed E-state index contributed by atoms with van der Waals surface area (Å²) >= 11 is 0. The second-order valence-electron chi connectivity index (χ2n) is 7.29. The average Bonchev–Trinajstić information content (AvgIpc) is 2.72. The van der Waals surface area contributed by atoms with Crippen LogP contribution in [0.15, 0.2) is 54.6 Å². The molecule has 0 aliphatic heterocycles. The van der Waals surface area contributed by atoms with Crippen LogP contribution >= 0.6 is 0 Å². The molecule has 0 aliphatic rings. The highest BCUT2D eigenvalue weighted by Crippen LogP contribution is 2.24. The van der Waals surface area contributed by atoms with Crippen LogP contribution in [0.25, 0.3) is 0 Å². The van der Waals surface area contributed by atoms with Crippen molar-refractivity contribution in [1.82, 2.24) is 0 Å². The van der Waals surface area contributed by atoms with Crippen LogP contribution in [0.5, 0.6) is 5.75 Å². The van der Waals surface area contributed by atoms with Crippen LogP contribution in [-0.4, -0.2) is 18.1 Å². The van der Waals surface area contributed by atoms with Crippen molar-refractivity contribution in [2.75, 3.05) is 11.9 Å². The number of hydrogen-bond acceptors (Lipinski definition) is 3. The zero-order valence-corrected chi connectivity index (χ0v) is 17.4. The molecule has 4 heteroatoms. The van der Waals surface area contributed by atoms with Crippen LogP contribution in [-0.2, 0) is 16.1 Å². The van der Waals surface area contributed by atoms with Crippen molar-refractivity contribution < 1.29 is 14.3 Å². The van der Waals surface area contributed by atoms with Crippen LogP contribution in [0.2, 0.25) is 0 Å². The molecule has 0 radical (unpaired) electrons. The van der Waals surface area contributed by atoms with Gasteiger partial charge in [0.05, 0.1) is 0 Å². The molecule has 0 aliphatic carbocycles. The predicted molar refractivity (Wildman–Crippen MR) is 115 cm³/mol. The Balaban J connectivity index is 1.93. The molecule has 1 N–H and O–H groups in total. The Morgan fingerprint density at radius 2 is 1.68 bits per heavy atom. The summed E-state index contributed by atoms with van der Waals surface area (Å²) in [6, 6.07) is 17.5. The molecule has 1 unspecified atom stereocenters. The molecular formula is C24H33NO3. The molecule has 2 aromatic carbocycles. The Morgan fingerprint density at radius 3 is 2.32 bits per heavy atom. The Bertz CT molecular complexity index is 700. The van der Waals surface area contributed by atoms with E-state index in [9.17, 15) is 4.79 Å².